The monoisotopic (exact) mass is 472 g/mol. The molecule has 2 aliphatic heterocycles. The number of ether oxygens (including phenoxy) is 2. The van der Waals surface area contributed by atoms with E-state index in [1.807, 2.05) is 0 Å². The highest BCUT2D eigenvalue weighted by Crippen LogP contribution is 2.16. The maximum Gasteiger partial charge on any atom is 0.560 e. The van der Waals surface area contributed by atoms with Gasteiger partial charge in [0.15, 0.2) is 0 Å². The molecule has 0 bridgehead atoms. The molecule has 14 heteroatoms. The molecule has 2 aromatic rings. The van der Waals surface area contributed by atoms with Crippen molar-refractivity contribution < 1.29 is 47.9 Å². The van der Waals surface area contributed by atoms with Crippen molar-refractivity contribution in [1.29, 1.82) is 0 Å². The Morgan fingerprint density at radius 3 is 1.32 bits per heavy atom. The molecular weight excluding hydrogens is 456 g/mol. The lowest BCUT2D eigenvalue weighted by Crippen LogP contribution is -2.37. The van der Waals surface area contributed by atoms with Crippen LogP contribution in [0.2, 0.25) is 0 Å². The van der Waals surface area contributed by atoms with E-state index in [1.54, 1.807) is 36.4 Å². The summed E-state index contributed by atoms with van der Waals surface area (Å²) < 4.78 is 9.61. The van der Waals surface area contributed by atoms with Crippen molar-refractivity contribution in [2.24, 2.45) is 0 Å². The van der Waals surface area contributed by atoms with E-state index >= 15 is 0 Å². The molecule has 34 heavy (non-hydrogen) atoms. The second-order valence-corrected chi connectivity index (χ2v) is 6.39. The van der Waals surface area contributed by atoms with E-state index in [9.17, 15) is 28.8 Å². The minimum Gasteiger partial charge on any atom is -0.376 e. The first-order valence-corrected chi connectivity index (χ1v) is 9.66. The van der Waals surface area contributed by atoms with Gasteiger partial charge in [-0.05, 0) is 12.1 Å². The Bertz CT molecular complexity index is 978. The van der Waals surface area contributed by atoms with Gasteiger partial charge in [0.2, 0.25) is 11.8 Å². The van der Waals surface area contributed by atoms with Crippen molar-refractivity contribution >= 4 is 35.9 Å². The predicted molar refractivity (Wildman–Crippen MR) is 105 cm³/mol. The molecule has 0 unspecified atom stereocenters. The van der Waals surface area contributed by atoms with Crippen LogP contribution >= 0.6 is 0 Å². The van der Waals surface area contributed by atoms with Gasteiger partial charge in [-0.25, -0.2) is 14.8 Å². The summed E-state index contributed by atoms with van der Waals surface area (Å²) in [6.45, 7) is 0. The summed E-state index contributed by atoms with van der Waals surface area (Å²) in [5, 5.41) is 0.515. The number of aromatic nitrogens is 2. The molecule has 2 fully saturated rings. The molecule has 0 aromatic carbocycles. The van der Waals surface area contributed by atoms with Gasteiger partial charge in [0.1, 0.15) is 0 Å². The Morgan fingerprint density at radius 2 is 1.00 bits per heavy atom. The van der Waals surface area contributed by atoms with Crippen LogP contribution < -0.4 is 9.47 Å². The van der Waals surface area contributed by atoms with Gasteiger partial charge in [-0.15, -0.1) is 0 Å². The van der Waals surface area contributed by atoms with Crippen molar-refractivity contribution in [3.05, 3.63) is 48.8 Å². The lowest BCUT2D eigenvalue weighted by atomic mass is 10.4. The van der Waals surface area contributed by atoms with Crippen LogP contribution in [0.25, 0.3) is 0 Å². The first-order valence-electron chi connectivity index (χ1n) is 9.66. The Hall–Kier alpha value is -4.88. The molecule has 0 spiro atoms. The highest BCUT2D eigenvalue weighted by atomic mass is 16.9. The number of hydrogen-bond acceptors (Lipinski definition) is 12. The van der Waals surface area contributed by atoms with Crippen molar-refractivity contribution in [1.82, 2.24) is 20.1 Å². The van der Waals surface area contributed by atoms with Crippen LogP contribution in [0.4, 0.5) is 9.59 Å². The molecule has 14 nitrogen and oxygen atoms in total. The summed E-state index contributed by atoms with van der Waals surface area (Å²) in [6, 6.07) is 9.96. The molecule has 2 aromatic heterocycles. The molecule has 4 heterocycles. The van der Waals surface area contributed by atoms with Gasteiger partial charge < -0.3 is 9.47 Å². The number of carbonyl (C=O) groups excluding carboxylic acids is 6. The average Bonchev–Trinajstić information content (AvgIpc) is 3.31. The Labute approximate surface area is 190 Å². The number of pyridine rings is 2. The molecule has 0 atom stereocenters. The van der Waals surface area contributed by atoms with Crippen molar-refractivity contribution in [3.8, 4) is 11.8 Å². The lowest BCUT2D eigenvalue weighted by molar-refractivity contribution is -0.198. The summed E-state index contributed by atoms with van der Waals surface area (Å²) in [5.74, 6) is -2.37. The molecule has 2 aliphatic rings. The summed E-state index contributed by atoms with van der Waals surface area (Å²) in [7, 11) is 0. The van der Waals surface area contributed by atoms with Gasteiger partial charge in [0.25, 0.3) is 23.6 Å². The zero-order chi connectivity index (χ0) is 24.5. The average molecular weight is 472 g/mol. The molecule has 0 saturated carbocycles. The van der Waals surface area contributed by atoms with E-state index in [-0.39, 0.29) is 47.6 Å². The molecular formula is C20H16N4O10. The zero-order valence-corrected chi connectivity index (χ0v) is 17.3. The Kier molecular flexibility index (Phi) is 7.78. The number of nitrogens with zero attached hydrogens (tertiary/aromatic N) is 4. The molecule has 2 saturated heterocycles. The van der Waals surface area contributed by atoms with Crippen molar-refractivity contribution in [3.63, 3.8) is 0 Å². The number of amides is 4. The summed E-state index contributed by atoms with van der Waals surface area (Å²) in [4.78, 5) is 83.2. The summed E-state index contributed by atoms with van der Waals surface area (Å²) in [6.07, 6.45) is 0.440. The van der Waals surface area contributed by atoms with Crippen LogP contribution in [-0.2, 0) is 28.9 Å². The van der Waals surface area contributed by atoms with Crippen LogP contribution in [0, 0.1) is 0 Å². The number of carbonyl (C=O) groups is 6. The minimum absolute atomic E-state index is 0.0618. The van der Waals surface area contributed by atoms with E-state index in [4.69, 9.17) is 9.47 Å². The summed E-state index contributed by atoms with van der Waals surface area (Å²) in [5.41, 5.74) is 0. The first-order chi connectivity index (χ1) is 16.3. The topological polar surface area (TPSA) is 172 Å². The quantitative estimate of drug-likeness (QED) is 0.462. The zero-order valence-electron chi connectivity index (χ0n) is 17.3. The molecule has 0 aliphatic carbocycles. The third kappa shape index (κ3) is 6.56. The maximum absolute atomic E-state index is 11.3. The minimum atomic E-state index is -1.48. The Balaban J connectivity index is 0.000000192. The largest absolute Gasteiger partial charge is 0.560 e. The predicted octanol–water partition coefficient (Wildman–Crippen LogP) is 1.32. The van der Waals surface area contributed by atoms with Crippen molar-refractivity contribution in [2.75, 3.05) is 0 Å². The van der Waals surface area contributed by atoms with Crippen LogP contribution in [0.15, 0.2) is 48.8 Å². The van der Waals surface area contributed by atoms with Gasteiger partial charge >= 0.3 is 12.3 Å². The molecule has 0 N–H and O–H groups in total. The SMILES string of the molecule is O=C(ON1C(=O)CCC1=O)ON1C(=O)CCC1=O.O=C(Oc1ccccn1)Oc1ccccn1. The summed E-state index contributed by atoms with van der Waals surface area (Å²) >= 11 is 0. The fraction of sp³-hybridized carbons (Fsp3) is 0.200. The second-order valence-electron chi connectivity index (χ2n) is 6.39. The van der Waals surface area contributed by atoms with E-state index in [2.05, 4.69) is 19.6 Å². The molecule has 4 amide bonds. The third-order valence-corrected chi connectivity index (χ3v) is 3.99. The van der Waals surface area contributed by atoms with Crippen molar-refractivity contribution in [2.45, 2.75) is 25.7 Å². The normalized spacial score (nSPS) is 14.9. The highest BCUT2D eigenvalue weighted by molar-refractivity contribution is 6.02. The Morgan fingerprint density at radius 1 is 0.618 bits per heavy atom. The first kappa shape index (κ1) is 23.8. The van der Waals surface area contributed by atoms with Gasteiger partial charge in [0.05, 0.1) is 0 Å². The van der Waals surface area contributed by atoms with E-state index in [0.29, 0.717) is 0 Å². The van der Waals surface area contributed by atoms with Gasteiger partial charge in [-0.2, -0.15) is 4.79 Å². The lowest BCUT2D eigenvalue weighted by Gasteiger charge is -2.15. The number of imide groups is 2. The number of rotatable bonds is 4. The fourth-order valence-corrected chi connectivity index (χ4v) is 2.49. The standard InChI is InChI=1S/C11H8N2O3.C9H8N2O7/c14-11(15-9-5-1-3-7-12-9)16-10-6-2-4-8-13-10;12-5-1-2-6(13)10(5)17-9(16)18-11-7(14)3-4-8(11)15/h1-8H;1-4H2. The maximum atomic E-state index is 11.3. The van der Waals surface area contributed by atoms with Crippen LogP contribution in [0.1, 0.15) is 25.7 Å². The molecule has 4 rings (SSSR count). The van der Waals surface area contributed by atoms with Crippen LogP contribution in [-0.4, -0.2) is 56.0 Å². The smallest absolute Gasteiger partial charge is 0.376 e. The van der Waals surface area contributed by atoms with Crippen LogP contribution in [0.3, 0.4) is 0 Å². The number of hydrogen-bond donors (Lipinski definition) is 0. The second kappa shape index (κ2) is 11.1. The fourth-order valence-electron chi connectivity index (χ4n) is 2.49. The molecule has 0 radical (unpaired) electrons. The molecule has 176 valence electrons. The van der Waals surface area contributed by atoms with E-state index in [1.165, 1.54) is 12.4 Å². The van der Waals surface area contributed by atoms with Gasteiger partial charge in [-0.1, -0.05) is 22.3 Å². The van der Waals surface area contributed by atoms with E-state index in [0.717, 1.165) is 0 Å². The van der Waals surface area contributed by atoms with E-state index < -0.39 is 35.9 Å². The van der Waals surface area contributed by atoms with Crippen LogP contribution in [0.5, 0.6) is 11.8 Å². The number of hydroxylamine groups is 4. The van der Waals surface area contributed by atoms with Gasteiger partial charge in [0, 0.05) is 50.2 Å². The highest BCUT2D eigenvalue weighted by Gasteiger charge is 2.37. The van der Waals surface area contributed by atoms with Gasteiger partial charge in [-0.3, -0.25) is 28.9 Å². The third-order valence-electron chi connectivity index (χ3n) is 3.99.